The van der Waals surface area contributed by atoms with Crippen LogP contribution in [0, 0.1) is 56.2 Å². The molecule has 4 unspecified atom stereocenters. The van der Waals surface area contributed by atoms with E-state index in [-0.39, 0.29) is 5.90 Å². The monoisotopic (exact) mass is 342 g/mol. The number of rotatable bonds is 7. The maximum atomic E-state index is 9.88. The molecular formula is C19H26N4O2. The van der Waals surface area contributed by atoms with Gasteiger partial charge in [0, 0.05) is 6.92 Å². The molecule has 2 rings (SSSR count). The van der Waals surface area contributed by atoms with Crippen LogP contribution >= 0.6 is 0 Å². The van der Waals surface area contributed by atoms with E-state index in [0.717, 1.165) is 19.3 Å². The number of nitrogens with one attached hydrogen (secondary N) is 1. The SMILES string of the molecule is CCCCCCCCC1OC2(C)OC(=N)C(C#N)(C2C)C1(C#N)C#N. The number of nitriles is 3. The largest absolute Gasteiger partial charge is 0.448 e. The molecule has 6 heteroatoms. The second-order valence-electron chi connectivity index (χ2n) is 7.28. The molecule has 1 N–H and O–H groups in total. The topological polar surface area (TPSA) is 114 Å². The average Bonchev–Trinajstić information content (AvgIpc) is 2.74. The number of hydrogen-bond acceptors (Lipinski definition) is 6. The lowest BCUT2D eigenvalue weighted by molar-refractivity contribution is -0.267. The van der Waals surface area contributed by atoms with Crippen molar-refractivity contribution in [2.45, 2.75) is 77.6 Å². The minimum absolute atomic E-state index is 0.321. The zero-order valence-corrected chi connectivity index (χ0v) is 15.3. The molecule has 134 valence electrons. The summed E-state index contributed by atoms with van der Waals surface area (Å²) in [7, 11) is 0. The van der Waals surface area contributed by atoms with Crippen molar-refractivity contribution in [1.82, 2.24) is 0 Å². The Kier molecular flexibility index (Phi) is 5.40. The van der Waals surface area contributed by atoms with Gasteiger partial charge in [0.15, 0.2) is 10.8 Å². The number of ether oxygens (including phenoxy) is 2. The Labute approximate surface area is 149 Å². The zero-order chi connectivity index (χ0) is 18.7. The van der Waals surface area contributed by atoms with Gasteiger partial charge in [0.2, 0.25) is 11.7 Å². The van der Waals surface area contributed by atoms with Crippen LogP contribution in [0.25, 0.3) is 0 Å². The molecule has 0 aliphatic carbocycles. The second-order valence-corrected chi connectivity index (χ2v) is 7.28. The van der Waals surface area contributed by atoms with Crippen molar-refractivity contribution in [3.05, 3.63) is 0 Å². The van der Waals surface area contributed by atoms with E-state index in [9.17, 15) is 15.8 Å². The molecule has 0 amide bonds. The third-order valence-electron chi connectivity index (χ3n) is 5.93. The quantitative estimate of drug-likeness (QED) is 0.701. The van der Waals surface area contributed by atoms with Gasteiger partial charge < -0.3 is 9.47 Å². The van der Waals surface area contributed by atoms with E-state index >= 15 is 0 Å². The molecule has 0 spiro atoms. The molecule has 0 aromatic carbocycles. The summed E-state index contributed by atoms with van der Waals surface area (Å²) in [6, 6.07) is 6.19. The van der Waals surface area contributed by atoms with Crippen LogP contribution in [-0.4, -0.2) is 17.8 Å². The van der Waals surface area contributed by atoms with Gasteiger partial charge in [-0.25, -0.2) is 0 Å². The molecule has 6 nitrogen and oxygen atoms in total. The normalized spacial score (nSPS) is 35.3. The molecule has 2 fully saturated rings. The van der Waals surface area contributed by atoms with Gasteiger partial charge in [-0.05, 0) is 6.42 Å². The summed E-state index contributed by atoms with van der Waals surface area (Å²) in [5.74, 6) is -2.03. The lowest BCUT2D eigenvalue weighted by Crippen LogP contribution is -2.61. The Morgan fingerprint density at radius 1 is 1.04 bits per heavy atom. The van der Waals surface area contributed by atoms with Gasteiger partial charge in [-0.1, -0.05) is 52.4 Å². The molecule has 0 radical (unpaired) electrons. The first-order chi connectivity index (χ1) is 11.9. The van der Waals surface area contributed by atoms with Crippen molar-refractivity contribution in [3.63, 3.8) is 0 Å². The summed E-state index contributed by atoms with van der Waals surface area (Å²) in [5.41, 5.74) is -3.31. The molecular weight excluding hydrogens is 316 g/mol. The van der Waals surface area contributed by atoms with Gasteiger partial charge in [-0.2, -0.15) is 15.8 Å². The summed E-state index contributed by atoms with van der Waals surface area (Å²) >= 11 is 0. The van der Waals surface area contributed by atoms with Crippen molar-refractivity contribution in [2.75, 3.05) is 0 Å². The molecule has 2 bridgehead atoms. The molecule has 0 aromatic heterocycles. The van der Waals surface area contributed by atoms with E-state index in [1.807, 2.05) is 12.1 Å². The fraction of sp³-hybridized carbons (Fsp3) is 0.789. The van der Waals surface area contributed by atoms with E-state index in [1.165, 1.54) is 19.3 Å². The number of nitrogens with zero attached hydrogens (tertiary/aromatic N) is 3. The molecule has 2 aliphatic heterocycles. The van der Waals surface area contributed by atoms with Crippen LogP contribution in [0.2, 0.25) is 0 Å². The fourth-order valence-corrected chi connectivity index (χ4v) is 4.20. The van der Waals surface area contributed by atoms with Crippen LogP contribution in [0.4, 0.5) is 0 Å². The first-order valence-electron chi connectivity index (χ1n) is 9.08. The number of unbranched alkanes of at least 4 members (excludes halogenated alkanes) is 5. The summed E-state index contributed by atoms with van der Waals surface area (Å²) in [4.78, 5) is 0. The fourth-order valence-electron chi connectivity index (χ4n) is 4.20. The van der Waals surface area contributed by atoms with Gasteiger partial charge >= 0.3 is 0 Å². The maximum absolute atomic E-state index is 9.88. The van der Waals surface area contributed by atoms with Crippen LogP contribution in [0.15, 0.2) is 0 Å². The Morgan fingerprint density at radius 2 is 1.64 bits per heavy atom. The van der Waals surface area contributed by atoms with E-state index in [1.54, 1.807) is 13.8 Å². The number of hydrogen-bond donors (Lipinski definition) is 1. The zero-order valence-electron chi connectivity index (χ0n) is 15.3. The third-order valence-corrected chi connectivity index (χ3v) is 5.93. The van der Waals surface area contributed by atoms with E-state index < -0.39 is 28.6 Å². The van der Waals surface area contributed by atoms with Crippen molar-refractivity contribution in [2.24, 2.45) is 16.7 Å². The Hall–Kier alpha value is -2.10. The summed E-state index contributed by atoms with van der Waals surface area (Å²) in [6.45, 7) is 5.57. The van der Waals surface area contributed by atoms with E-state index in [4.69, 9.17) is 14.9 Å². The first-order valence-corrected chi connectivity index (χ1v) is 9.08. The summed E-state index contributed by atoms with van der Waals surface area (Å²) in [5, 5.41) is 37.8. The van der Waals surface area contributed by atoms with Crippen LogP contribution in [0.5, 0.6) is 0 Å². The van der Waals surface area contributed by atoms with Crippen LogP contribution < -0.4 is 0 Å². The van der Waals surface area contributed by atoms with E-state index in [0.29, 0.717) is 6.42 Å². The predicted molar refractivity (Wildman–Crippen MR) is 91.0 cm³/mol. The highest BCUT2D eigenvalue weighted by atomic mass is 16.7. The lowest BCUT2D eigenvalue weighted by atomic mass is 9.54. The molecule has 25 heavy (non-hydrogen) atoms. The minimum Gasteiger partial charge on any atom is -0.448 e. The second kappa shape index (κ2) is 7.03. The highest BCUT2D eigenvalue weighted by Gasteiger charge is 2.77. The van der Waals surface area contributed by atoms with Crippen molar-refractivity contribution >= 4 is 5.90 Å². The molecule has 0 saturated carbocycles. The molecule has 2 saturated heterocycles. The Balaban J connectivity index is 2.27. The Morgan fingerprint density at radius 3 is 2.20 bits per heavy atom. The van der Waals surface area contributed by atoms with Crippen molar-refractivity contribution < 1.29 is 9.47 Å². The molecule has 2 aliphatic rings. The standard InChI is InChI=1S/C19H26N4O2/c1-4-5-6-7-8-9-10-15-18(11-20,12-21)19(13-22)14(2)17(3,24-15)25-16(19)23/h14-15,23H,4-10H2,1-3H3. The van der Waals surface area contributed by atoms with Gasteiger partial charge in [-0.15, -0.1) is 0 Å². The number of fused-ring (bicyclic) bond motifs is 2. The van der Waals surface area contributed by atoms with Crippen LogP contribution in [0.1, 0.15) is 65.7 Å². The maximum Gasteiger partial charge on any atom is 0.214 e. The molecule has 4 atom stereocenters. The lowest BCUT2D eigenvalue weighted by Gasteiger charge is -2.47. The van der Waals surface area contributed by atoms with Gasteiger partial charge in [0.1, 0.15) is 0 Å². The summed E-state index contributed by atoms with van der Waals surface area (Å²) < 4.78 is 11.6. The van der Waals surface area contributed by atoms with E-state index in [2.05, 4.69) is 13.0 Å². The molecule has 2 heterocycles. The highest BCUT2D eigenvalue weighted by Crippen LogP contribution is 2.62. The minimum atomic E-state index is -1.72. The highest BCUT2D eigenvalue weighted by molar-refractivity contribution is 5.89. The average molecular weight is 342 g/mol. The van der Waals surface area contributed by atoms with Gasteiger partial charge in [0.05, 0.1) is 30.2 Å². The van der Waals surface area contributed by atoms with Crippen LogP contribution in [0.3, 0.4) is 0 Å². The smallest absolute Gasteiger partial charge is 0.214 e. The van der Waals surface area contributed by atoms with Crippen molar-refractivity contribution in [1.29, 1.82) is 21.2 Å². The van der Waals surface area contributed by atoms with Crippen LogP contribution in [-0.2, 0) is 9.47 Å². The Bertz CT molecular complexity index is 642. The third kappa shape index (κ3) is 2.59. The molecule has 0 aromatic rings. The van der Waals surface area contributed by atoms with Crippen molar-refractivity contribution in [3.8, 4) is 18.2 Å². The predicted octanol–water partition coefficient (Wildman–Crippen LogP) is 4.04. The summed E-state index contributed by atoms with van der Waals surface area (Å²) in [6.07, 6.45) is 6.25. The first kappa shape index (κ1) is 19.2. The van der Waals surface area contributed by atoms with Gasteiger partial charge in [0.25, 0.3) is 0 Å². The van der Waals surface area contributed by atoms with Gasteiger partial charge in [-0.3, -0.25) is 5.41 Å².